The number of ether oxygens (including phenoxy) is 3. The Kier molecular flexibility index (Phi) is 5.45. The van der Waals surface area contributed by atoms with Crippen LogP contribution in [-0.4, -0.2) is 54.8 Å². The Balaban J connectivity index is 1.62. The van der Waals surface area contributed by atoms with E-state index in [1.807, 2.05) is 57.2 Å². The Morgan fingerprint density at radius 2 is 1.70 bits per heavy atom. The molecule has 0 spiro atoms. The Hall–Kier alpha value is -2.60. The van der Waals surface area contributed by atoms with Gasteiger partial charge in [-0.25, -0.2) is 4.79 Å². The number of nitrogens with zero attached hydrogens (tertiary/aromatic N) is 1. The standard InChI is InChI=1S/C24H29NO5/c1-24(2,3)30-23(27)25-17-11-16(12-18(25)14-29-13-17)22(26)21-19-8-6-5-7-15(19)9-10-20(21)28-4/h5-10,16-18H,11-14H2,1-4H3. The number of morpholine rings is 1. The maximum atomic E-state index is 13.7. The molecule has 0 radical (unpaired) electrons. The van der Waals surface area contributed by atoms with Crippen molar-refractivity contribution in [2.24, 2.45) is 5.92 Å². The third-order valence-corrected chi connectivity index (χ3v) is 5.85. The Morgan fingerprint density at radius 3 is 2.33 bits per heavy atom. The van der Waals surface area contributed by atoms with Gasteiger partial charge in [-0.05, 0) is 50.5 Å². The van der Waals surface area contributed by atoms with Gasteiger partial charge < -0.3 is 14.2 Å². The number of hydrogen-bond acceptors (Lipinski definition) is 5. The molecule has 6 nitrogen and oxygen atoms in total. The lowest BCUT2D eigenvalue weighted by Crippen LogP contribution is -2.60. The van der Waals surface area contributed by atoms with E-state index in [9.17, 15) is 9.59 Å². The molecule has 0 aliphatic carbocycles. The Bertz CT molecular complexity index is 950. The van der Waals surface area contributed by atoms with Crippen molar-refractivity contribution in [2.75, 3.05) is 20.3 Å². The second-order valence-electron chi connectivity index (χ2n) is 9.13. The van der Waals surface area contributed by atoms with E-state index >= 15 is 0 Å². The first kappa shape index (κ1) is 20.7. The molecule has 2 aliphatic heterocycles. The molecule has 1 amide bonds. The summed E-state index contributed by atoms with van der Waals surface area (Å²) in [5, 5.41) is 1.91. The molecule has 4 rings (SSSR count). The summed E-state index contributed by atoms with van der Waals surface area (Å²) in [6.07, 6.45) is 0.788. The quantitative estimate of drug-likeness (QED) is 0.699. The van der Waals surface area contributed by atoms with Crippen molar-refractivity contribution in [2.45, 2.75) is 51.3 Å². The Labute approximate surface area is 177 Å². The van der Waals surface area contributed by atoms with E-state index in [4.69, 9.17) is 14.2 Å². The van der Waals surface area contributed by atoms with Crippen molar-refractivity contribution in [1.82, 2.24) is 4.90 Å². The van der Waals surface area contributed by atoms with Crippen LogP contribution in [-0.2, 0) is 9.47 Å². The van der Waals surface area contributed by atoms with Crippen molar-refractivity contribution in [3.8, 4) is 5.75 Å². The van der Waals surface area contributed by atoms with Crippen LogP contribution in [0.1, 0.15) is 44.0 Å². The van der Waals surface area contributed by atoms with E-state index in [2.05, 4.69) is 0 Å². The molecule has 6 heteroatoms. The van der Waals surface area contributed by atoms with Crippen LogP contribution >= 0.6 is 0 Å². The van der Waals surface area contributed by atoms with Crippen molar-refractivity contribution < 1.29 is 23.8 Å². The summed E-state index contributed by atoms with van der Waals surface area (Å²) < 4.78 is 16.9. The number of amides is 1. The minimum absolute atomic E-state index is 0.0735. The van der Waals surface area contributed by atoms with Crippen LogP contribution in [0.25, 0.3) is 10.8 Å². The zero-order chi connectivity index (χ0) is 21.5. The molecule has 2 aromatic carbocycles. The predicted octanol–water partition coefficient (Wildman–Crippen LogP) is 4.45. The van der Waals surface area contributed by atoms with Gasteiger partial charge in [0.05, 0.1) is 38.0 Å². The van der Waals surface area contributed by atoms with E-state index in [-0.39, 0.29) is 29.9 Å². The summed E-state index contributed by atoms with van der Waals surface area (Å²) >= 11 is 0. The molecule has 2 saturated heterocycles. The summed E-state index contributed by atoms with van der Waals surface area (Å²) in [7, 11) is 1.59. The highest BCUT2D eigenvalue weighted by atomic mass is 16.6. The van der Waals surface area contributed by atoms with E-state index in [1.54, 1.807) is 12.0 Å². The van der Waals surface area contributed by atoms with Gasteiger partial charge in [0, 0.05) is 5.92 Å². The summed E-state index contributed by atoms with van der Waals surface area (Å²) in [6, 6.07) is 11.4. The lowest BCUT2D eigenvalue weighted by molar-refractivity contribution is -0.0861. The third kappa shape index (κ3) is 3.88. The number of benzene rings is 2. The maximum absolute atomic E-state index is 13.7. The number of piperidine rings is 1. The molecule has 160 valence electrons. The largest absolute Gasteiger partial charge is 0.496 e. The molecule has 2 heterocycles. The summed E-state index contributed by atoms with van der Waals surface area (Å²) in [5.41, 5.74) is 0.0696. The second-order valence-corrected chi connectivity index (χ2v) is 9.13. The molecule has 2 aliphatic rings. The number of ketones is 1. The van der Waals surface area contributed by atoms with E-state index in [0.29, 0.717) is 37.4 Å². The van der Waals surface area contributed by atoms with Crippen LogP contribution in [0.3, 0.4) is 0 Å². The molecule has 2 bridgehead atoms. The number of methoxy groups -OCH3 is 1. The van der Waals surface area contributed by atoms with Crippen LogP contribution < -0.4 is 4.74 Å². The van der Waals surface area contributed by atoms with Gasteiger partial charge in [0.1, 0.15) is 11.4 Å². The maximum Gasteiger partial charge on any atom is 0.410 e. The summed E-state index contributed by atoms with van der Waals surface area (Å²) in [4.78, 5) is 28.3. The molecular formula is C24H29NO5. The minimum Gasteiger partial charge on any atom is -0.496 e. The first-order valence-corrected chi connectivity index (χ1v) is 10.5. The fraction of sp³-hybridized carbons (Fsp3) is 0.500. The highest BCUT2D eigenvalue weighted by Crippen LogP contribution is 2.38. The average molecular weight is 411 g/mol. The normalized spacial score (nSPS) is 23.9. The first-order valence-electron chi connectivity index (χ1n) is 10.5. The van der Waals surface area contributed by atoms with Gasteiger partial charge >= 0.3 is 6.09 Å². The zero-order valence-corrected chi connectivity index (χ0v) is 18.0. The second kappa shape index (κ2) is 7.91. The monoisotopic (exact) mass is 411 g/mol. The third-order valence-electron chi connectivity index (χ3n) is 5.85. The van der Waals surface area contributed by atoms with Crippen LogP contribution in [0, 0.1) is 5.92 Å². The van der Waals surface area contributed by atoms with Crippen LogP contribution in [0.4, 0.5) is 4.79 Å². The molecule has 2 fully saturated rings. The van der Waals surface area contributed by atoms with E-state index in [0.717, 1.165) is 10.8 Å². The first-order chi connectivity index (χ1) is 14.3. The summed E-state index contributed by atoms with van der Waals surface area (Å²) in [6.45, 7) is 6.43. The molecule has 2 atom stereocenters. The highest BCUT2D eigenvalue weighted by Gasteiger charge is 2.45. The molecule has 2 unspecified atom stereocenters. The number of fused-ring (bicyclic) bond motifs is 3. The van der Waals surface area contributed by atoms with Gasteiger partial charge in [-0.15, -0.1) is 0 Å². The molecule has 0 aromatic heterocycles. The van der Waals surface area contributed by atoms with Crippen molar-refractivity contribution >= 4 is 22.6 Å². The number of carbonyl (C=O) groups excluding carboxylic acids is 2. The molecular weight excluding hydrogens is 382 g/mol. The van der Waals surface area contributed by atoms with E-state index in [1.165, 1.54) is 0 Å². The molecule has 0 saturated carbocycles. The van der Waals surface area contributed by atoms with Crippen LogP contribution in [0.15, 0.2) is 36.4 Å². The van der Waals surface area contributed by atoms with Crippen LogP contribution in [0.5, 0.6) is 5.75 Å². The van der Waals surface area contributed by atoms with Gasteiger partial charge in [0.15, 0.2) is 5.78 Å². The van der Waals surface area contributed by atoms with Gasteiger partial charge in [-0.3, -0.25) is 9.69 Å². The number of Topliss-reactive ketones (excluding diaryl/α,β-unsaturated/α-hetero) is 1. The van der Waals surface area contributed by atoms with Gasteiger partial charge in [0.25, 0.3) is 0 Å². The zero-order valence-electron chi connectivity index (χ0n) is 18.0. The smallest absolute Gasteiger partial charge is 0.410 e. The van der Waals surface area contributed by atoms with Crippen molar-refractivity contribution in [3.05, 3.63) is 42.0 Å². The van der Waals surface area contributed by atoms with Gasteiger partial charge in [-0.1, -0.05) is 30.3 Å². The molecule has 30 heavy (non-hydrogen) atoms. The highest BCUT2D eigenvalue weighted by molar-refractivity contribution is 6.11. The minimum atomic E-state index is -0.560. The lowest BCUT2D eigenvalue weighted by Gasteiger charge is -2.47. The lowest BCUT2D eigenvalue weighted by atomic mass is 9.80. The van der Waals surface area contributed by atoms with E-state index < -0.39 is 5.60 Å². The van der Waals surface area contributed by atoms with Crippen LogP contribution in [0.2, 0.25) is 0 Å². The fourth-order valence-electron chi connectivity index (χ4n) is 4.62. The van der Waals surface area contributed by atoms with Crippen molar-refractivity contribution in [1.29, 1.82) is 0 Å². The number of hydrogen-bond donors (Lipinski definition) is 0. The average Bonchev–Trinajstić information content (AvgIpc) is 2.70. The van der Waals surface area contributed by atoms with Gasteiger partial charge in [-0.2, -0.15) is 0 Å². The summed E-state index contributed by atoms with van der Waals surface area (Å²) in [5.74, 6) is 0.473. The van der Waals surface area contributed by atoms with Gasteiger partial charge in [0.2, 0.25) is 0 Å². The fourth-order valence-corrected chi connectivity index (χ4v) is 4.62. The Morgan fingerprint density at radius 1 is 1.03 bits per heavy atom. The number of carbonyl (C=O) groups is 2. The number of rotatable bonds is 3. The predicted molar refractivity (Wildman–Crippen MR) is 114 cm³/mol. The molecule has 0 N–H and O–H groups in total. The SMILES string of the molecule is COc1ccc2ccccc2c1C(=O)C1CC2COCC(C1)N2C(=O)OC(C)(C)C. The van der Waals surface area contributed by atoms with Crippen molar-refractivity contribution in [3.63, 3.8) is 0 Å². The molecule has 2 aromatic rings. The topological polar surface area (TPSA) is 65.1 Å².